The molecule has 1 unspecified atom stereocenters. The van der Waals surface area contributed by atoms with Crippen LogP contribution < -0.4 is 16.4 Å². The molecule has 1 atom stereocenters. The number of aryl methyl sites for hydroxylation is 1. The van der Waals surface area contributed by atoms with Gasteiger partial charge in [-0.2, -0.15) is 0 Å². The summed E-state index contributed by atoms with van der Waals surface area (Å²) in [6, 6.07) is 10.5. The zero-order valence-corrected chi connectivity index (χ0v) is 15.9. The van der Waals surface area contributed by atoms with E-state index in [1.54, 1.807) is 7.05 Å². The normalized spacial score (nSPS) is 18.5. The molecule has 0 aliphatic carbocycles. The summed E-state index contributed by atoms with van der Waals surface area (Å²) < 4.78 is 0. The van der Waals surface area contributed by atoms with Crippen LogP contribution in [0.4, 0.5) is 0 Å². The van der Waals surface area contributed by atoms with Gasteiger partial charge in [-0.1, -0.05) is 30.3 Å². The van der Waals surface area contributed by atoms with Gasteiger partial charge in [0.05, 0.1) is 5.92 Å². The summed E-state index contributed by atoms with van der Waals surface area (Å²) in [6.45, 7) is 4.64. The smallest absolute Gasteiger partial charge is 0.221 e. The summed E-state index contributed by atoms with van der Waals surface area (Å²) in [4.78, 5) is 17.9. The Hall–Kier alpha value is -2.08. The lowest BCUT2D eigenvalue weighted by Crippen LogP contribution is -2.43. The van der Waals surface area contributed by atoms with Crippen molar-refractivity contribution < 1.29 is 4.79 Å². The highest BCUT2D eigenvalue weighted by atomic mass is 16.1. The van der Waals surface area contributed by atoms with Gasteiger partial charge in [0.2, 0.25) is 5.91 Å². The van der Waals surface area contributed by atoms with Crippen LogP contribution in [0.2, 0.25) is 0 Å². The molecule has 0 saturated carbocycles. The summed E-state index contributed by atoms with van der Waals surface area (Å²) in [5.74, 6) is 0.718. The number of hydrogen-bond acceptors (Lipinski definition) is 3. The topological polar surface area (TPSA) is 82.8 Å². The molecule has 1 aromatic rings. The second-order valence-electron chi connectivity index (χ2n) is 6.91. The minimum absolute atomic E-state index is 0.0238. The lowest BCUT2D eigenvalue weighted by atomic mass is 9.97. The summed E-state index contributed by atoms with van der Waals surface area (Å²) in [5, 5.41) is 6.73. The fraction of sp³-hybridized carbons (Fsp3) is 0.600. The van der Waals surface area contributed by atoms with Crippen LogP contribution in [0.25, 0.3) is 0 Å². The number of carbonyl (C=O) groups excluding carboxylic acids is 1. The number of carbonyl (C=O) groups is 1. The van der Waals surface area contributed by atoms with Crippen LogP contribution in [-0.4, -0.2) is 56.5 Å². The average molecular weight is 360 g/mol. The molecule has 144 valence electrons. The number of nitrogens with zero attached hydrogens (tertiary/aromatic N) is 2. The van der Waals surface area contributed by atoms with Crippen molar-refractivity contribution in [3.05, 3.63) is 35.9 Å². The van der Waals surface area contributed by atoms with Gasteiger partial charge in [-0.25, -0.2) is 0 Å². The maximum atomic E-state index is 11.3. The first-order valence-electron chi connectivity index (χ1n) is 9.69. The molecule has 1 fully saturated rings. The molecule has 1 aliphatic heterocycles. The minimum atomic E-state index is -0.159. The number of guanidine groups is 1. The number of hydrogen-bond donors (Lipinski definition) is 3. The molecule has 1 amide bonds. The lowest BCUT2D eigenvalue weighted by molar-refractivity contribution is -0.123. The van der Waals surface area contributed by atoms with E-state index in [9.17, 15) is 4.79 Å². The molecular weight excluding hydrogens is 326 g/mol. The van der Waals surface area contributed by atoms with Crippen molar-refractivity contribution in [3.63, 3.8) is 0 Å². The van der Waals surface area contributed by atoms with E-state index in [2.05, 4.69) is 44.8 Å². The molecule has 1 saturated heterocycles. The van der Waals surface area contributed by atoms with Crippen LogP contribution in [0.1, 0.15) is 31.2 Å². The van der Waals surface area contributed by atoms with Crippen molar-refractivity contribution in [1.82, 2.24) is 15.5 Å². The van der Waals surface area contributed by atoms with E-state index in [4.69, 9.17) is 5.73 Å². The van der Waals surface area contributed by atoms with Crippen LogP contribution in [-0.2, 0) is 11.2 Å². The molecular formula is C20H33N5O. The van der Waals surface area contributed by atoms with Gasteiger partial charge in [0.25, 0.3) is 0 Å². The number of benzene rings is 1. The van der Waals surface area contributed by atoms with E-state index in [-0.39, 0.29) is 11.8 Å². The molecule has 0 radical (unpaired) electrons. The zero-order chi connectivity index (χ0) is 18.6. The first-order valence-corrected chi connectivity index (χ1v) is 9.69. The Morgan fingerprint density at radius 1 is 1.23 bits per heavy atom. The minimum Gasteiger partial charge on any atom is -0.369 e. The van der Waals surface area contributed by atoms with Crippen LogP contribution in [0.5, 0.6) is 0 Å². The first kappa shape index (κ1) is 20.2. The van der Waals surface area contributed by atoms with Crippen molar-refractivity contribution in [1.29, 1.82) is 0 Å². The Labute approximate surface area is 157 Å². The predicted octanol–water partition coefficient (Wildman–Crippen LogP) is 1.37. The number of aliphatic imine (C=N–C) groups is 1. The van der Waals surface area contributed by atoms with Crippen LogP contribution in [0.3, 0.4) is 0 Å². The third-order valence-corrected chi connectivity index (χ3v) is 4.85. The van der Waals surface area contributed by atoms with Crippen molar-refractivity contribution in [2.24, 2.45) is 16.6 Å². The van der Waals surface area contributed by atoms with E-state index < -0.39 is 0 Å². The Bertz CT molecular complexity index is 561. The van der Waals surface area contributed by atoms with E-state index >= 15 is 0 Å². The van der Waals surface area contributed by atoms with Crippen molar-refractivity contribution in [2.45, 2.75) is 32.1 Å². The second-order valence-corrected chi connectivity index (χ2v) is 6.91. The number of rotatable bonds is 9. The number of piperidine rings is 1. The molecule has 0 spiro atoms. The molecule has 1 heterocycles. The molecule has 2 rings (SSSR count). The SMILES string of the molecule is CN=C(NCCCc1ccccc1)NCCCN1CCCC(C(N)=O)C1. The average Bonchev–Trinajstić information content (AvgIpc) is 2.67. The molecule has 4 N–H and O–H groups in total. The molecule has 1 aliphatic rings. The highest BCUT2D eigenvalue weighted by molar-refractivity contribution is 5.79. The summed E-state index contributed by atoms with van der Waals surface area (Å²) in [5.41, 5.74) is 6.80. The van der Waals surface area contributed by atoms with Crippen LogP contribution in [0, 0.1) is 5.92 Å². The number of nitrogens with two attached hydrogens (primary N) is 1. The third-order valence-electron chi connectivity index (χ3n) is 4.85. The molecule has 6 nitrogen and oxygen atoms in total. The van der Waals surface area contributed by atoms with Gasteiger partial charge in [0, 0.05) is 26.7 Å². The number of primary amides is 1. The largest absolute Gasteiger partial charge is 0.369 e. The van der Waals surface area contributed by atoms with Gasteiger partial charge >= 0.3 is 0 Å². The molecule has 0 aromatic heterocycles. The molecule has 6 heteroatoms. The van der Waals surface area contributed by atoms with E-state index in [0.717, 1.165) is 70.8 Å². The van der Waals surface area contributed by atoms with E-state index in [1.807, 2.05) is 6.07 Å². The maximum absolute atomic E-state index is 11.3. The van der Waals surface area contributed by atoms with Gasteiger partial charge in [-0.05, 0) is 50.8 Å². The van der Waals surface area contributed by atoms with Crippen molar-refractivity contribution in [2.75, 3.05) is 39.8 Å². The van der Waals surface area contributed by atoms with Gasteiger partial charge in [0.15, 0.2) is 5.96 Å². The van der Waals surface area contributed by atoms with Crippen molar-refractivity contribution in [3.8, 4) is 0 Å². The number of amides is 1. The Morgan fingerprint density at radius 2 is 1.96 bits per heavy atom. The molecule has 26 heavy (non-hydrogen) atoms. The zero-order valence-electron chi connectivity index (χ0n) is 15.9. The first-order chi connectivity index (χ1) is 12.7. The van der Waals surface area contributed by atoms with Gasteiger partial charge in [-0.15, -0.1) is 0 Å². The Morgan fingerprint density at radius 3 is 2.65 bits per heavy atom. The summed E-state index contributed by atoms with van der Waals surface area (Å²) in [6.07, 6.45) is 5.17. The van der Waals surface area contributed by atoms with E-state index in [0.29, 0.717) is 0 Å². The Kier molecular flexibility index (Phi) is 8.96. The quantitative estimate of drug-likeness (QED) is 0.353. The second kappa shape index (κ2) is 11.5. The highest BCUT2D eigenvalue weighted by Gasteiger charge is 2.23. The summed E-state index contributed by atoms with van der Waals surface area (Å²) >= 11 is 0. The molecule has 1 aromatic carbocycles. The van der Waals surface area contributed by atoms with Crippen LogP contribution >= 0.6 is 0 Å². The maximum Gasteiger partial charge on any atom is 0.221 e. The van der Waals surface area contributed by atoms with Crippen LogP contribution in [0.15, 0.2) is 35.3 Å². The predicted molar refractivity (Wildman–Crippen MR) is 107 cm³/mol. The number of likely N-dealkylation sites (tertiary alicyclic amines) is 1. The molecule has 0 bridgehead atoms. The fourth-order valence-electron chi connectivity index (χ4n) is 3.36. The van der Waals surface area contributed by atoms with E-state index in [1.165, 1.54) is 5.56 Å². The lowest BCUT2D eigenvalue weighted by Gasteiger charge is -2.31. The third kappa shape index (κ3) is 7.44. The standard InChI is InChI=1S/C20H33N5O/c1-22-20(23-12-5-10-17-8-3-2-4-9-17)24-13-7-15-25-14-6-11-18(16-25)19(21)26/h2-4,8-9,18H,5-7,10-16H2,1H3,(H2,21,26)(H2,22,23,24). The van der Waals surface area contributed by atoms with Crippen molar-refractivity contribution >= 4 is 11.9 Å². The highest BCUT2D eigenvalue weighted by Crippen LogP contribution is 2.15. The monoisotopic (exact) mass is 359 g/mol. The Balaban J connectivity index is 1.55. The fourth-order valence-corrected chi connectivity index (χ4v) is 3.36. The van der Waals surface area contributed by atoms with Gasteiger partial charge < -0.3 is 21.3 Å². The van der Waals surface area contributed by atoms with Gasteiger partial charge in [-0.3, -0.25) is 9.79 Å². The van der Waals surface area contributed by atoms with Gasteiger partial charge in [0.1, 0.15) is 0 Å². The number of nitrogens with one attached hydrogen (secondary N) is 2. The summed E-state index contributed by atoms with van der Waals surface area (Å²) in [7, 11) is 1.80.